The summed E-state index contributed by atoms with van der Waals surface area (Å²) < 4.78 is 30.1. The first kappa shape index (κ1) is 19.2. The number of hydrogen-bond acceptors (Lipinski definition) is 5. The number of aryl methyl sites for hydroxylation is 1. The number of thiazole rings is 1. The maximum absolute atomic E-state index is 12.6. The van der Waals surface area contributed by atoms with Crippen molar-refractivity contribution in [3.05, 3.63) is 57.7 Å². The summed E-state index contributed by atoms with van der Waals surface area (Å²) in [6.45, 7) is 3.38. The molecule has 1 unspecified atom stereocenters. The minimum absolute atomic E-state index is 0.0995. The fourth-order valence-electron chi connectivity index (χ4n) is 3.79. The van der Waals surface area contributed by atoms with E-state index in [4.69, 9.17) is 0 Å². The standard InChI is InChI=1S/C20H23N3O3S2/c1-14-12-15-6-3-4-7-17(15)23(14)11-5-10-21-28(25,26)16-8-9-18-19(13-16)27-20(24)22(18)2/h3-4,6-9,13-14,21H,5,10-12H2,1-2H3. The van der Waals surface area contributed by atoms with Crippen LogP contribution in [0.15, 0.2) is 52.2 Å². The predicted octanol–water partition coefficient (Wildman–Crippen LogP) is 2.72. The molecule has 2 aromatic carbocycles. The molecule has 1 aliphatic heterocycles. The third-order valence-corrected chi connectivity index (χ3v) is 7.74. The Hall–Kier alpha value is -2.16. The minimum atomic E-state index is -3.60. The largest absolute Gasteiger partial charge is 0.368 e. The number of fused-ring (bicyclic) bond motifs is 2. The summed E-state index contributed by atoms with van der Waals surface area (Å²) in [6, 6.07) is 13.6. The number of rotatable bonds is 6. The fourth-order valence-corrected chi connectivity index (χ4v) is 5.88. The van der Waals surface area contributed by atoms with Gasteiger partial charge in [-0.15, -0.1) is 0 Å². The van der Waals surface area contributed by atoms with Crippen molar-refractivity contribution in [1.82, 2.24) is 9.29 Å². The molecule has 0 aliphatic carbocycles. The topological polar surface area (TPSA) is 71.4 Å². The highest BCUT2D eigenvalue weighted by Gasteiger charge is 2.25. The molecule has 148 valence electrons. The van der Waals surface area contributed by atoms with Gasteiger partial charge in [-0.05, 0) is 49.6 Å². The van der Waals surface area contributed by atoms with E-state index < -0.39 is 10.0 Å². The highest BCUT2D eigenvalue weighted by atomic mass is 32.2. The van der Waals surface area contributed by atoms with Crippen LogP contribution in [0.4, 0.5) is 5.69 Å². The highest BCUT2D eigenvalue weighted by molar-refractivity contribution is 7.89. The predicted molar refractivity (Wildman–Crippen MR) is 114 cm³/mol. The normalized spacial score (nSPS) is 16.6. The molecule has 0 saturated heterocycles. The fraction of sp³-hybridized carbons (Fsp3) is 0.350. The van der Waals surface area contributed by atoms with Crippen LogP contribution in [0.5, 0.6) is 0 Å². The van der Waals surface area contributed by atoms with Crippen molar-refractivity contribution in [3.63, 3.8) is 0 Å². The SMILES string of the molecule is CC1Cc2ccccc2N1CCCNS(=O)(=O)c1ccc2c(c1)sc(=O)n2C. The molecule has 0 amide bonds. The number of aromatic nitrogens is 1. The van der Waals surface area contributed by atoms with E-state index in [1.54, 1.807) is 25.2 Å². The van der Waals surface area contributed by atoms with Crippen LogP contribution >= 0.6 is 11.3 Å². The average Bonchev–Trinajstić information content (AvgIpc) is 3.14. The Kier molecular flexibility index (Phi) is 5.03. The van der Waals surface area contributed by atoms with Gasteiger partial charge in [0.25, 0.3) is 0 Å². The molecule has 2 heterocycles. The molecule has 3 aromatic rings. The smallest absolute Gasteiger partial charge is 0.307 e. The molecule has 0 fully saturated rings. The Morgan fingerprint density at radius 3 is 2.82 bits per heavy atom. The number of anilines is 1. The average molecular weight is 418 g/mol. The maximum Gasteiger partial charge on any atom is 0.307 e. The van der Waals surface area contributed by atoms with Crippen molar-refractivity contribution in [2.24, 2.45) is 7.05 Å². The Bertz CT molecular complexity index is 1180. The first-order valence-electron chi connectivity index (χ1n) is 9.30. The van der Waals surface area contributed by atoms with Gasteiger partial charge in [-0.1, -0.05) is 29.5 Å². The lowest BCUT2D eigenvalue weighted by atomic mass is 10.1. The lowest BCUT2D eigenvalue weighted by Gasteiger charge is -2.24. The van der Waals surface area contributed by atoms with Crippen molar-refractivity contribution in [3.8, 4) is 0 Å². The zero-order chi connectivity index (χ0) is 19.9. The molecule has 28 heavy (non-hydrogen) atoms. The summed E-state index contributed by atoms with van der Waals surface area (Å²) in [6.07, 6.45) is 1.75. The molecule has 4 rings (SSSR count). The monoisotopic (exact) mass is 417 g/mol. The van der Waals surface area contributed by atoms with Crippen LogP contribution in [0.2, 0.25) is 0 Å². The molecule has 1 atom stereocenters. The lowest BCUT2D eigenvalue weighted by Crippen LogP contribution is -2.33. The molecular weight excluding hydrogens is 394 g/mol. The summed E-state index contributed by atoms with van der Waals surface area (Å²) in [7, 11) is -1.91. The van der Waals surface area contributed by atoms with Crippen LogP contribution < -0.4 is 14.5 Å². The van der Waals surface area contributed by atoms with Crippen LogP contribution in [0.3, 0.4) is 0 Å². The van der Waals surface area contributed by atoms with E-state index in [1.165, 1.54) is 15.8 Å². The molecule has 0 radical (unpaired) electrons. The van der Waals surface area contributed by atoms with Crippen molar-refractivity contribution in [2.75, 3.05) is 18.0 Å². The van der Waals surface area contributed by atoms with Gasteiger partial charge >= 0.3 is 4.87 Å². The van der Waals surface area contributed by atoms with Gasteiger partial charge in [-0.25, -0.2) is 13.1 Å². The number of benzene rings is 2. The number of nitrogens with zero attached hydrogens (tertiary/aromatic N) is 2. The van der Waals surface area contributed by atoms with Crippen molar-refractivity contribution in [1.29, 1.82) is 0 Å². The summed E-state index contributed by atoms with van der Waals surface area (Å²) in [4.78, 5) is 14.2. The van der Waals surface area contributed by atoms with Crippen molar-refractivity contribution >= 4 is 37.3 Å². The van der Waals surface area contributed by atoms with Crippen molar-refractivity contribution < 1.29 is 8.42 Å². The second-order valence-electron chi connectivity index (χ2n) is 7.18. The van der Waals surface area contributed by atoms with Crippen LogP contribution in [0.25, 0.3) is 10.2 Å². The second kappa shape index (κ2) is 7.35. The van der Waals surface area contributed by atoms with Crippen LogP contribution in [0, 0.1) is 0 Å². The van der Waals surface area contributed by atoms with Gasteiger partial charge in [0.2, 0.25) is 10.0 Å². The quantitative estimate of drug-likeness (QED) is 0.626. The molecular formula is C20H23N3O3S2. The molecule has 1 aromatic heterocycles. The van der Waals surface area contributed by atoms with E-state index in [2.05, 4.69) is 34.7 Å². The number of para-hydroxylation sites is 1. The molecule has 0 saturated carbocycles. The molecule has 8 heteroatoms. The number of hydrogen-bond donors (Lipinski definition) is 1. The first-order chi connectivity index (χ1) is 13.4. The van der Waals surface area contributed by atoms with Gasteiger partial charge in [0.15, 0.2) is 0 Å². The Morgan fingerprint density at radius 1 is 1.21 bits per heavy atom. The van der Waals surface area contributed by atoms with Crippen LogP contribution in [-0.2, 0) is 23.5 Å². The highest BCUT2D eigenvalue weighted by Crippen LogP contribution is 2.31. The van der Waals surface area contributed by atoms with Crippen LogP contribution in [-0.4, -0.2) is 32.1 Å². The number of sulfonamides is 1. The van der Waals surface area contributed by atoms with E-state index in [0.717, 1.165) is 36.2 Å². The Morgan fingerprint density at radius 2 is 2.00 bits per heavy atom. The maximum atomic E-state index is 12.6. The Balaban J connectivity index is 1.40. The van der Waals surface area contributed by atoms with E-state index >= 15 is 0 Å². The Labute approximate surface area is 168 Å². The zero-order valence-electron chi connectivity index (χ0n) is 15.9. The second-order valence-corrected chi connectivity index (χ2v) is 9.94. The zero-order valence-corrected chi connectivity index (χ0v) is 17.5. The molecule has 6 nitrogen and oxygen atoms in total. The lowest BCUT2D eigenvalue weighted by molar-refractivity contribution is 0.576. The summed E-state index contributed by atoms with van der Waals surface area (Å²) in [5.74, 6) is 0. The molecule has 0 bridgehead atoms. The molecule has 1 N–H and O–H groups in total. The third kappa shape index (κ3) is 3.47. The van der Waals surface area contributed by atoms with E-state index in [9.17, 15) is 13.2 Å². The summed E-state index contributed by atoms with van der Waals surface area (Å²) >= 11 is 1.06. The van der Waals surface area contributed by atoms with Gasteiger partial charge in [0, 0.05) is 31.9 Å². The van der Waals surface area contributed by atoms with Gasteiger partial charge < -0.3 is 9.47 Å². The third-order valence-electron chi connectivity index (χ3n) is 5.29. The van der Waals surface area contributed by atoms with E-state index in [0.29, 0.717) is 17.3 Å². The minimum Gasteiger partial charge on any atom is -0.368 e. The molecule has 1 aliphatic rings. The van der Waals surface area contributed by atoms with Gasteiger partial charge in [0.05, 0.1) is 15.1 Å². The summed E-state index contributed by atoms with van der Waals surface area (Å²) in [5, 5.41) is 0. The molecule has 0 spiro atoms. The van der Waals surface area contributed by atoms with E-state index in [-0.39, 0.29) is 9.77 Å². The van der Waals surface area contributed by atoms with Crippen LogP contribution in [0.1, 0.15) is 18.9 Å². The van der Waals surface area contributed by atoms with E-state index in [1.807, 2.05) is 6.07 Å². The van der Waals surface area contributed by atoms with Gasteiger partial charge in [0.1, 0.15) is 0 Å². The van der Waals surface area contributed by atoms with Crippen molar-refractivity contribution in [2.45, 2.75) is 30.7 Å². The first-order valence-corrected chi connectivity index (χ1v) is 11.6. The van der Waals surface area contributed by atoms with Gasteiger partial charge in [-0.2, -0.15) is 0 Å². The summed E-state index contributed by atoms with van der Waals surface area (Å²) in [5.41, 5.74) is 3.35. The van der Waals surface area contributed by atoms with Gasteiger partial charge in [-0.3, -0.25) is 4.79 Å². The number of nitrogens with one attached hydrogen (secondary N) is 1.